The molecule has 2 unspecified atom stereocenters. The Labute approximate surface area is 113 Å². The minimum Gasteiger partial charge on any atom is -0.313 e. The van der Waals surface area contributed by atoms with E-state index in [0.717, 1.165) is 11.8 Å². The minimum absolute atomic E-state index is 0.494. The van der Waals surface area contributed by atoms with Crippen LogP contribution in [0.15, 0.2) is 24.3 Å². The molecule has 0 aliphatic carbocycles. The summed E-state index contributed by atoms with van der Waals surface area (Å²) in [7, 11) is 2.06. The molecule has 18 heavy (non-hydrogen) atoms. The minimum atomic E-state index is 0.494. The lowest BCUT2D eigenvalue weighted by Gasteiger charge is -2.20. The van der Waals surface area contributed by atoms with Gasteiger partial charge in [-0.1, -0.05) is 58.4 Å². The van der Waals surface area contributed by atoms with Crippen molar-refractivity contribution in [1.29, 1.82) is 0 Å². The molecule has 1 nitrogen and oxygen atoms in total. The van der Waals surface area contributed by atoms with Crippen LogP contribution in [0.2, 0.25) is 0 Å². The van der Waals surface area contributed by atoms with Gasteiger partial charge in [-0.25, -0.2) is 0 Å². The average Bonchev–Trinajstić information content (AvgIpc) is 2.36. The van der Waals surface area contributed by atoms with Gasteiger partial charge in [0.25, 0.3) is 0 Å². The summed E-state index contributed by atoms with van der Waals surface area (Å²) in [6.45, 7) is 9.14. The fourth-order valence-corrected chi connectivity index (χ4v) is 2.35. The van der Waals surface area contributed by atoms with Crippen LogP contribution >= 0.6 is 0 Å². The first-order valence-electron chi connectivity index (χ1n) is 7.32. The van der Waals surface area contributed by atoms with Crippen molar-refractivity contribution in [2.24, 2.45) is 11.8 Å². The first-order chi connectivity index (χ1) is 8.56. The smallest absolute Gasteiger partial charge is 0.0320 e. The molecule has 0 spiro atoms. The largest absolute Gasteiger partial charge is 0.313 e. The van der Waals surface area contributed by atoms with E-state index in [2.05, 4.69) is 64.3 Å². The zero-order valence-corrected chi connectivity index (χ0v) is 12.7. The second-order valence-electron chi connectivity index (χ2n) is 5.93. The highest BCUT2D eigenvalue weighted by atomic mass is 14.9. The summed E-state index contributed by atoms with van der Waals surface area (Å²) in [5.41, 5.74) is 2.87. The van der Waals surface area contributed by atoms with Crippen LogP contribution in [0, 0.1) is 11.8 Å². The second-order valence-corrected chi connectivity index (χ2v) is 5.93. The van der Waals surface area contributed by atoms with Gasteiger partial charge in [-0.05, 0) is 42.9 Å². The van der Waals surface area contributed by atoms with E-state index >= 15 is 0 Å². The predicted molar refractivity (Wildman–Crippen MR) is 80.9 cm³/mol. The molecule has 1 aromatic carbocycles. The normalized spacial score (nSPS) is 14.8. The van der Waals surface area contributed by atoms with Crippen LogP contribution in [0.5, 0.6) is 0 Å². The number of hydrogen-bond acceptors (Lipinski definition) is 1. The summed E-state index contributed by atoms with van der Waals surface area (Å²) in [6, 6.07) is 9.66. The summed E-state index contributed by atoms with van der Waals surface area (Å²) >= 11 is 0. The summed E-state index contributed by atoms with van der Waals surface area (Å²) in [4.78, 5) is 0. The van der Waals surface area contributed by atoms with Gasteiger partial charge in [-0.3, -0.25) is 0 Å². The molecule has 1 aromatic rings. The molecule has 0 aliphatic heterocycles. The van der Waals surface area contributed by atoms with Gasteiger partial charge >= 0.3 is 0 Å². The van der Waals surface area contributed by atoms with Gasteiger partial charge in [0.15, 0.2) is 0 Å². The van der Waals surface area contributed by atoms with Crippen LogP contribution in [0.1, 0.15) is 57.7 Å². The van der Waals surface area contributed by atoms with Gasteiger partial charge in [0.1, 0.15) is 0 Å². The van der Waals surface area contributed by atoms with E-state index < -0.39 is 0 Å². The first-order valence-corrected chi connectivity index (χ1v) is 7.32. The Morgan fingerprint density at radius 2 is 1.67 bits per heavy atom. The highest BCUT2D eigenvalue weighted by Crippen LogP contribution is 2.23. The third-order valence-corrected chi connectivity index (χ3v) is 3.71. The van der Waals surface area contributed by atoms with Crippen LogP contribution in [0.4, 0.5) is 0 Å². The van der Waals surface area contributed by atoms with Gasteiger partial charge in [0.2, 0.25) is 0 Å². The topological polar surface area (TPSA) is 12.0 Å². The lowest BCUT2D eigenvalue weighted by molar-refractivity contribution is 0.422. The molecule has 0 saturated carbocycles. The van der Waals surface area contributed by atoms with E-state index in [0.29, 0.717) is 6.04 Å². The molecular formula is C17H29N. The van der Waals surface area contributed by atoms with Crippen LogP contribution in [-0.2, 0) is 6.42 Å². The van der Waals surface area contributed by atoms with Gasteiger partial charge in [0, 0.05) is 6.04 Å². The van der Waals surface area contributed by atoms with Gasteiger partial charge < -0.3 is 5.32 Å². The first kappa shape index (κ1) is 15.2. The summed E-state index contributed by atoms with van der Waals surface area (Å²) in [5, 5.41) is 3.44. The van der Waals surface area contributed by atoms with E-state index in [1.54, 1.807) is 0 Å². The predicted octanol–water partition coefficient (Wildman–Crippen LogP) is 4.58. The molecule has 2 atom stereocenters. The summed E-state index contributed by atoms with van der Waals surface area (Å²) in [5.74, 6) is 1.51. The van der Waals surface area contributed by atoms with E-state index in [9.17, 15) is 0 Å². The molecule has 1 N–H and O–H groups in total. The standard InChI is InChI=1S/C17H29N/c1-6-14(4)12-17(18-5)16-9-7-15(8-10-16)11-13(2)3/h7-10,13-14,17-18H,6,11-12H2,1-5H3. The molecular weight excluding hydrogens is 218 g/mol. The molecule has 1 rings (SSSR count). The van der Waals surface area contributed by atoms with Gasteiger partial charge in [0.05, 0.1) is 0 Å². The number of nitrogens with one attached hydrogen (secondary N) is 1. The fourth-order valence-electron chi connectivity index (χ4n) is 2.35. The highest BCUT2D eigenvalue weighted by molar-refractivity contribution is 5.25. The molecule has 1 heteroatoms. The summed E-state index contributed by atoms with van der Waals surface area (Å²) in [6.07, 6.45) is 3.65. The van der Waals surface area contributed by atoms with Crippen molar-refractivity contribution < 1.29 is 0 Å². The Balaban J connectivity index is 2.69. The lowest BCUT2D eigenvalue weighted by atomic mass is 9.93. The SMILES string of the molecule is CCC(C)CC(NC)c1ccc(CC(C)C)cc1. The quantitative estimate of drug-likeness (QED) is 0.743. The maximum atomic E-state index is 3.44. The zero-order chi connectivity index (χ0) is 13.5. The van der Waals surface area contributed by atoms with Crippen molar-refractivity contribution in [3.8, 4) is 0 Å². The number of rotatable bonds is 7. The van der Waals surface area contributed by atoms with Crippen molar-refractivity contribution in [2.45, 2.75) is 53.0 Å². The maximum absolute atomic E-state index is 3.44. The average molecular weight is 247 g/mol. The third-order valence-electron chi connectivity index (χ3n) is 3.71. The molecule has 0 heterocycles. The number of benzene rings is 1. The number of hydrogen-bond donors (Lipinski definition) is 1. The zero-order valence-electron chi connectivity index (χ0n) is 12.7. The fraction of sp³-hybridized carbons (Fsp3) is 0.647. The van der Waals surface area contributed by atoms with Crippen LogP contribution in [0.25, 0.3) is 0 Å². The monoisotopic (exact) mass is 247 g/mol. The molecule has 0 amide bonds. The second kappa shape index (κ2) is 7.58. The Morgan fingerprint density at radius 3 is 2.11 bits per heavy atom. The van der Waals surface area contributed by atoms with Crippen molar-refractivity contribution in [3.05, 3.63) is 35.4 Å². The molecule has 0 aliphatic rings. The van der Waals surface area contributed by atoms with Crippen molar-refractivity contribution in [1.82, 2.24) is 5.32 Å². The van der Waals surface area contributed by atoms with Crippen LogP contribution in [0.3, 0.4) is 0 Å². The van der Waals surface area contributed by atoms with E-state index in [1.807, 2.05) is 0 Å². The van der Waals surface area contributed by atoms with Crippen molar-refractivity contribution in [3.63, 3.8) is 0 Å². The Morgan fingerprint density at radius 1 is 1.06 bits per heavy atom. The van der Waals surface area contributed by atoms with Gasteiger partial charge in [-0.2, -0.15) is 0 Å². The van der Waals surface area contributed by atoms with Crippen LogP contribution in [-0.4, -0.2) is 7.05 Å². The Bertz CT molecular complexity index is 326. The highest BCUT2D eigenvalue weighted by Gasteiger charge is 2.12. The molecule has 0 aromatic heterocycles. The van der Waals surface area contributed by atoms with Gasteiger partial charge in [-0.15, -0.1) is 0 Å². The molecule has 0 bridgehead atoms. The van der Waals surface area contributed by atoms with E-state index in [1.165, 1.54) is 30.4 Å². The molecule has 102 valence electrons. The third kappa shape index (κ3) is 4.81. The van der Waals surface area contributed by atoms with Crippen molar-refractivity contribution >= 4 is 0 Å². The van der Waals surface area contributed by atoms with Crippen molar-refractivity contribution in [2.75, 3.05) is 7.05 Å². The molecule has 0 saturated heterocycles. The lowest BCUT2D eigenvalue weighted by Crippen LogP contribution is -2.18. The summed E-state index contributed by atoms with van der Waals surface area (Å²) < 4.78 is 0. The van der Waals surface area contributed by atoms with Crippen LogP contribution < -0.4 is 5.32 Å². The Kier molecular flexibility index (Phi) is 6.42. The van der Waals surface area contributed by atoms with E-state index in [-0.39, 0.29) is 0 Å². The Hall–Kier alpha value is -0.820. The van der Waals surface area contributed by atoms with E-state index in [4.69, 9.17) is 0 Å². The maximum Gasteiger partial charge on any atom is 0.0320 e. The molecule has 0 fully saturated rings. The molecule has 0 radical (unpaired) electrons.